The van der Waals surface area contributed by atoms with E-state index < -0.39 is 4.92 Å². The lowest BCUT2D eigenvalue weighted by Gasteiger charge is -2.15. The van der Waals surface area contributed by atoms with E-state index >= 15 is 0 Å². The molecule has 4 nitrogen and oxygen atoms in total. The Kier molecular flexibility index (Phi) is 4.69. The number of nitro groups is 1. The average Bonchev–Trinajstić information content (AvgIpc) is 1.98. The summed E-state index contributed by atoms with van der Waals surface area (Å²) in [6.45, 7) is 2.73. The van der Waals surface area contributed by atoms with Crippen molar-refractivity contribution in [2.75, 3.05) is 19.8 Å². The summed E-state index contributed by atoms with van der Waals surface area (Å²) in [5.41, 5.74) is 0. The van der Waals surface area contributed by atoms with Crippen molar-refractivity contribution in [2.24, 2.45) is 0 Å². The molecular formula is C6H12N2O2S. The van der Waals surface area contributed by atoms with Crippen LogP contribution >= 0.6 is 11.8 Å². The first kappa shape index (κ1) is 10.3. The molecule has 0 saturated carbocycles. The highest BCUT2D eigenvalue weighted by Crippen LogP contribution is 2.14. The summed E-state index contributed by atoms with van der Waals surface area (Å²) in [6, 6.07) is 0. The van der Waals surface area contributed by atoms with Crippen molar-refractivity contribution in [1.82, 2.24) is 4.90 Å². The third-order valence-corrected chi connectivity index (χ3v) is 2.11. The second kappa shape index (κ2) is 5.01. The number of hydrogen-bond acceptors (Lipinski definition) is 4. The van der Waals surface area contributed by atoms with Crippen molar-refractivity contribution in [3.63, 3.8) is 0 Å². The topological polar surface area (TPSA) is 46.4 Å². The van der Waals surface area contributed by atoms with Gasteiger partial charge in [-0.2, -0.15) is 0 Å². The van der Waals surface area contributed by atoms with Crippen LogP contribution in [-0.2, 0) is 0 Å². The highest BCUT2D eigenvalue weighted by molar-refractivity contribution is 8.02. The highest BCUT2D eigenvalue weighted by Gasteiger charge is 2.04. The second-order valence-corrected chi connectivity index (χ2v) is 2.80. The summed E-state index contributed by atoms with van der Waals surface area (Å²) >= 11 is 1.38. The molecule has 0 aliphatic carbocycles. The molecule has 0 aromatic heterocycles. The zero-order valence-electron chi connectivity index (χ0n) is 6.90. The van der Waals surface area contributed by atoms with Gasteiger partial charge in [0, 0.05) is 13.6 Å². The Morgan fingerprint density at radius 3 is 2.64 bits per heavy atom. The maximum Gasteiger partial charge on any atom is 0.264 e. The fourth-order valence-electron chi connectivity index (χ4n) is 0.553. The van der Waals surface area contributed by atoms with Gasteiger partial charge in [-0.25, -0.2) is 0 Å². The molecule has 0 heterocycles. The van der Waals surface area contributed by atoms with Crippen LogP contribution in [0.3, 0.4) is 0 Å². The largest absolute Gasteiger partial charge is 0.365 e. The molecule has 0 aromatic rings. The summed E-state index contributed by atoms with van der Waals surface area (Å²) in [5, 5.41) is 10.8. The Morgan fingerprint density at radius 2 is 2.36 bits per heavy atom. The van der Waals surface area contributed by atoms with Gasteiger partial charge in [0.1, 0.15) is 5.03 Å². The van der Waals surface area contributed by atoms with E-state index in [1.54, 1.807) is 0 Å². The van der Waals surface area contributed by atoms with E-state index in [9.17, 15) is 10.1 Å². The summed E-state index contributed by atoms with van der Waals surface area (Å²) in [5.74, 6) is 0. The number of nitrogens with zero attached hydrogens (tertiary/aromatic N) is 2. The maximum absolute atomic E-state index is 10.1. The van der Waals surface area contributed by atoms with Gasteiger partial charge in [-0.1, -0.05) is 0 Å². The van der Waals surface area contributed by atoms with E-state index in [4.69, 9.17) is 0 Å². The number of hydrogen-bond donors (Lipinski definition) is 0. The van der Waals surface area contributed by atoms with Crippen LogP contribution in [0, 0.1) is 10.1 Å². The lowest BCUT2D eigenvalue weighted by molar-refractivity contribution is -0.403. The van der Waals surface area contributed by atoms with E-state index in [0.29, 0.717) is 5.03 Å². The van der Waals surface area contributed by atoms with Crippen LogP contribution in [0.1, 0.15) is 6.92 Å². The Morgan fingerprint density at radius 1 is 1.82 bits per heavy atom. The molecule has 0 aliphatic heterocycles. The second-order valence-electron chi connectivity index (χ2n) is 1.97. The first-order valence-electron chi connectivity index (χ1n) is 3.22. The van der Waals surface area contributed by atoms with Crippen LogP contribution in [-0.4, -0.2) is 29.7 Å². The van der Waals surface area contributed by atoms with Crippen molar-refractivity contribution in [2.45, 2.75) is 6.92 Å². The smallest absolute Gasteiger partial charge is 0.264 e. The van der Waals surface area contributed by atoms with Gasteiger partial charge in [-0.05, 0) is 13.2 Å². The normalized spacial score (nSPS) is 11.4. The van der Waals surface area contributed by atoms with E-state index in [1.165, 1.54) is 11.8 Å². The van der Waals surface area contributed by atoms with E-state index in [1.807, 2.05) is 25.1 Å². The van der Waals surface area contributed by atoms with Crippen molar-refractivity contribution in [1.29, 1.82) is 0 Å². The van der Waals surface area contributed by atoms with Crippen LogP contribution in [0.15, 0.2) is 11.2 Å². The molecule has 64 valence electrons. The van der Waals surface area contributed by atoms with Gasteiger partial charge in [-0.15, -0.1) is 11.8 Å². The van der Waals surface area contributed by atoms with E-state index in [-0.39, 0.29) is 0 Å². The molecule has 0 rings (SSSR count). The molecule has 0 fully saturated rings. The third kappa shape index (κ3) is 3.87. The van der Waals surface area contributed by atoms with Crippen LogP contribution in [0.5, 0.6) is 0 Å². The van der Waals surface area contributed by atoms with Crippen LogP contribution in [0.2, 0.25) is 0 Å². The first-order chi connectivity index (χ1) is 5.11. The maximum atomic E-state index is 10.1. The minimum atomic E-state index is -0.433. The summed E-state index contributed by atoms with van der Waals surface area (Å²) in [7, 11) is 1.83. The number of thioether (sulfide) groups is 1. The lowest BCUT2D eigenvalue weighted by Crippen LogP contribution is -2.15. The molecule has 0 saturated heterocycles. The molecule has 0 bridgehead atoms. The number of rotatable bonds is 4. The van der Waals surface area contributed by atoms with Gasteiger partial charge < -0.3 is 4.90 Å². The fraction of sp³-hybridized carbons (Fsp3) is 0.667. The molecule has 0 unspecified atom stereocenters. The molecule has 0 spiro atoms. The molecule has 5 heteroatoms. The zero-order chi connectivity index (χ0) is 8.85. The Bertz CT molecular complexity index is 170. The monoisotopic (exact) mass is 176 g/mol. The minimum absolute atomic E-state index is 0.433. The van der Waals surface area contributed by atoms with Crippen LogP contribution in [0.25, 0.3) is 0 Å². The zero-order valence-corrected chi connectivity index (χ0v) is 7.72. The van der Waals surface area contributed by atoms with Crippen molar-refractivity contribution < 1.29 is 4.92 Å². The first-order valence-corrected chi connectivity index (χ1v) is 4.44. The van der Waals surface area contributed by atoms with Gasteiger partial charge in [-0.3, -0.25) is 10.1 Å². The summed E-state index contributed by atoms with van der Waals surface area (Å²) in [6.07, 6.45) is 2.84. The summed E-state index contributed by atoms with van der Waals surface area (Å²) < 4.78 is 0. The van der Waals surface area contributed by atoms with E-state index in [0.717, 1.165) is 12.7 Å². The van der Waals surface area contributed by atoms with E-state index in [2.05, 4.69) is 0 Å². The van der Waals surface area contributed by atoms with Gasteiger partial charge in [0.05, 0.1) is 4.92 Å². The molecule has 0 aliphatic rings. The van der Waals surface area contributed by atoms with Gasteiger partial charge >= 0.3 is 0 Å². The predicted molar refractivity (Wildman–Crippen MR) is 46.9 cm³/mol. The fourth-order valence-corrected chi connectivity index (χ4v) is 1.19. The molecule has 0 atom stereocenters. The molecule has 0 radical (unpaired) electrons. The minimum Gasteiger partial charge on any atom is -0.365 e. The summed E-state index contributed by atoms with van der Waals surface area (Å²) in [4.78, 5) is 11.5. The predicted octanol–water partition coefficient (Wildman–Crippen LogP) is 1.38. The van der Waals surface area contributed by atoms with Crippen molar-refractivity contribution >= 4 is 11.8 Å². The van der Waals surface area contributed by atoms with Crippen LogP contribution < -0.4 is 0 Å². The standard InChI is InChI=1S/C6H12N2O2S/c1-4-7(2)6(11-3)5-8(9)10/h5H,4H2,1-3H3. The quantitative estimate of drug-likeness (QED) is 0.479. The van der Waals surface area contributed by atoms with Crippen molar-refractivity contribution in [3.05, 3.63) is 21.3 Å². The average molecular weight is 176 g/mol. The lowest BCUT2D eigenvalue weighted by atomic mass is 10.6. The molecule has 0 amide bonds. The van der Waals surface area contributed by atoms with Crippen molar-refractivity contribution in [3.8, 4) is 0 Å². The third-order valence-electron chi connectivity index (χ3n) is 1.28. The molecule has 11 heavy (non-hydrogen) atoms. The SMILES string of the molecule is CCN(C)C(=C[N+](=O)[O-])SC. The van der Waals surface area contributed by atoms with Gasteiger partial charge in [0.2, 0.25) is 0 Å². The Labute approximate surface area is 70.4 Å². The van der Waals surface area contributed by atoms with Gasteiger partial charge in [0.15, 0.2) is 0 Å². The Hall–Kier alpha value is -0.710. The highest BCUT2D eigenvalue weighted by atomic mass is 32.2. The van der Waals surface area contributed by atoms with Gasteiger partial charge in [0.25, 0.3) is 6.20 Å². The molecule has 0 N–H and O–H groups in total. The molecule has 0 aromatic carbocycles. The Balaban J connectivity index is 4.26. The van der Waals surface area contributed by atoms with Crippen LogP contribution in [0.4, 0.5) is 0 Å². The molecular weight excluding hydrogens is 164 g/mol.